The molecule has 0 aromatic heterocycles. The molecule has 0 aliphatic carbocycles. The van der Waals surface area contributed by atoms with Gasteiger partial charge in [-0.3, -0.25) is 0 Å². The SMILES string of the molecule is CCOC(=O)c1cccc(-c2ccc(C)cc2C)c1. The van der Waals surface area contributed by atoms with E-state index in [4.69, 9.17) is 4.74 Å². The highest BCUT2D eigenvalue weighted by molar-refractivity contribution is 5.91. The molecule has 2 nitrogen and oxygen atoms in total. The second kappa shape index (κ2) is 5.70. The predicted molar refractivity (Wildman–Crippen MR) is 77.3 cm³/mol. The minimum absolute atomic E-state index is 0.269. The minimum atomic E-state index is -0.269. The van der Waals surface area contributed by atoms with Gasteiger partial charge in [0.1, 0.15) is 0 Å². The fraction of sp³-hybridized carbons (Fsp3) is 0.235. The molecule has 0 atom stereocenters. The highest BCUT2D eigenvalue weighted by Gasteiger charge is 2.08. The Morgan fingerprint density at radius 2 is 1.89 bits per heavy atom. The van der Waals surface area contributed by atoms with Crippen molar-refractivity contribution in [1.82, 2.24) is 0 Å². The standard InChI is InChI=1S/C17H18O2/c1-4-19-17(18)15-7-5-6-14(11-15)16-9-8-12(2)10-13(16)3/h5-11H,4H2,1-3H3. The van der Waals surface area contributed by atoms with Gasteiger partial charge in [-0.05, 0) is 49.6 Å². The predicted octanol–water partition coefficient (Wildman–Crippen LogP) is 4.15. The van der Waals surface area contributed by atoms with Crippen molar-refractivity contribution >= 4 is 5.97 Å². The molecule has 0 unspecified atom stereocenters. The van der Waals surface area contributed by atoms with E-state index in [-0.39, 0.29) is 5.97 Å². The summed E-state index contributed by atoms with van der Waals surface area (Å²) in [6, 6.07) is 13.9. The van der Waals surface area contributed by atoms with Crippen LogP contribution in [0.15, 0.2) is 42.5 Å². The molecule has 2 rings (SSSR count). The number of aryl methyl sites for hydroxylation is 2. The van der Waals surface area contributed by atoms with Gasteiger partial charge in [-0.15, -0.1) is 0 Å². The molecule has 0 heterocycles. The monoisotopic (exact) mass is 254 g/mol. The molecule has 0 N–H and O–H groups in total. The number of carbonyl (C=O) groups excluding carboxylic acids is 1. The lowest BCUT2D eigenvalue weighted by molar-refractivity contribution is 0.0526. The Bertz CT molecular complexity index is 600. The maximum atomic E-state index is 11.7. The molecular weight excluding hydrogens is 236 g/mol. The van der Waals surface area contributed by atoms with E-state index in [0.717, 1.165) is 11.1 Å². The number of carbonyl (C=O) groups is 1. The van der Waals surface area contributed by atoms with Gasteiger partial charge in [0.25, 0.3) is 0 Å². The van der Waals surface area contributed by atoms with Crippen molar-refractivity contribution in [3.05, 3.63) is 59.2 Å². The number of rotatable bonds is 3. The third-order valence-electron chi connectivity index (χ3n) is 3.07. The van der Waals surface area contributed by atoms with Gasteiger partial charge in [0, 0.05) is 0 Å². The average Bonchev–Trinajstić information content (AvgIpc) is 2.39. The summed E-state index contributed by atoms with van der Waals surface area (Å²) in [4.78, 5) is 11.7. The summed E-state index contributed by atoms with van der Waals surface area (Å²) < 4.78 is 5.03. The number of hydrogen-bond donors (Lipinski definition) is 0. The first-order chi connectivity index (χ1) is 9.11. The second-order valence-corrected chi connectivity index (χ2v) is 4.62. The third-order valence-corrected chi connectivity index (χ3v) is 3.07. The Kier molecular flexibility index (Phi) is 4.00. The Balaban J connectivity index is 2.40. The minimum Gasteiger partial charge on any atom is -0.462 e. The van der Waals surface area contributed by atoms with Crippen molar-refractivity contribution in [1.29, 1.82) is 0 Å². The molecule has 2 aromatic carbocycles. The van der Waals surface area contributed by atoms with Crippen LogP contribution in [0.25, 0.3) is 11.1 Å². The number of esters is 1. The number of benzene rings is 2. The highest BCUT2D eigenvalue weighted by atomic mass is 16.5. The van der Waals surface area contributed by atoms with Crippen LogP contribution in [-0.2, 0) is 4.74 Å². The van der Waals surface area contributed by atoms with E-state index in [9.17, 15) is 4.79 Å². The van der Waals surface area contributed by atoms with Crippen LogP contribution in [0.1, 0.15) is 28.4 Å². The van der Waals surface area contributed by atoms with Crippen molar-refractivity contribution in [2.45, 2.75) is 20.8 Å². The molecule has 0 fully saturated rings. The van der Waals surface area contributed by atoms with Gasteiger partial charge in [-0.2, -0.15) is 0 Å². The van der Waals surface area contributed by atoms with Crippen LogP contribution in [0.5, 0.6) is 0 Å². The van der Waals surface area contributed by atoms with Crippen LogP contribution < -0.4 is 0 Å². The van der Waals surface area contributed by atoms with Crippen LogP contribution in [-0.4, -0.2) is 12.6 Å². The van der Waals surface area contributed by atoms with Gasteiger partial charge in [0.05, 0.1) is 12.2 Å². The molecule has 0 radical (unpaired) electrons. The zero-order valence-electron chi connectivity index (χ0n) is 11.6. The van der Waals surface area contributed by atoms with Crippen LogP contribution in [0.3, 0.4) is 0 Å². The molecule has 0 spiro atoms. The Morgan fingerprint density at radius 1 is 1.11 bits per heavy atom. The molecule has 19 heavy (non-hydrogen) atoms. The summed E-state index contributed by atoms with van der Waals surface area (Å²) in [5.41, 5.74) is 5.24. The number of hydrogen-bond acceptors (Lipinski definition) is 2. The van der Waals surface area contributed by atoms with Crippen LogP contribution in [0, 0.1) is 13.8 Å². The quantitative estimate of drug-likeness (QED) is 0.769. The first-order valence-electron chi connectivity index (χ1n) is 6.46. The van der Waals surface area contributed by atoms with E-state index >= 15 is 0 Å². The highest BCUT2D eigenvalue weighted by Crippen LogP contribution is 2.25. The zero-order chi connectivity index (χ0) is 13.8. The van der Waals surface area contributed by atoms with Crippen molar-refractivity contribution in [3.63, 3.8) is 0 Å². The lowest BCUT2D eigenvalue weighted by Crippen LogP contribution is -2.04. The Morgan fingerprint density at radius 3 is 2.58 bits per heavy atom. The molecule has 0 bridgehead atoms. The van der Waals surface area contributed by atoms with E-state index in [0.29, 0.717) is 12.2 Å². The largest absolute Gasteiger partial charge is 0.462 e. The molecule has 0 saturated heterocycles. The summed E-state index contributed by atoms with van der Waals surface area (Å²) in [6.45, 7) is 6.36. The average molecular weight is 254 g/mol. The van der Waals surface area contributed by atoms with Crippen LogP contribution >= 0.6 is 0 Å². The van der Waals surface area contributed by atoms with Gasteiger partial charge in [0.15, 0.2) is 0 Å². The first kappa shape index (κ1) is 13.3. The summed E-state index contributed by atoms with van der Waals surface area (Å²) >= 11 is 0. The van der Waals surface area contributed by atoms with Gasteiger partial charge < -0.3 is 4.74 Å². The molecule has 0 aliphatic rings. The topological polar surface area (TPSA) is 26.3 Å². The maximum Gasteiger partial charge on any atom is 0.338 e. The second-order valence-electron chi connectivity index (χ2n) is 4.62. The van der Waals surface area contributed by atoms with E-state index in [1.165, 1.54) is 11.1 Å². The molecule has 98 valence electrons. The van der Waals surface area contributed by atoms with Crippen LogP contribution in [0.4, 0.5) is 0 Å². The molecule has 2 heteroatoms. The van der Waals surface area contributed by atoms with E-state index in [1.54, 1.807) is 6.07 Å². The first-order valence-corrected chi connectivity index (χ1v) is 6.46. The van der Waals surface area contributed by atoms with Crippen molar-refractivity contribution < 1.29 is 9.53 Å². The third kappa shape index (κ3) is 3.02. The van der Waals surface area contributed by atoms with Crippen molar-refractivity contribution in [3.8, 4) is 11.1 Å². The lowest BCUT2D eigenvalue weighted by Gasteiger charge is -2.09. The van der Waals surface area contributed by atoms with Crippen LogP contribution in [0.2, 0.25) is 0 Å². The van der Waals surface area contributed by atoms with Gasteiger partial charge in [0.2, 0.25) is 0 Å². The summed E-state index contributed by atoms with van der Waals surface area (Å²) in [7, 11) is 0. The molecule has 0 aliphatic heterocycles. The Labute approximate surface area is 114 Å². The number of ether oxygens (including phenoxy) is 1. The Hall–Kier alpha value is -2.09. The molecule has 0 amide bonds. The van der Waals surface area contributed by atoms with Gasteiger partial charge in [-0.25, -0.2) is 4.79 Å². The van der Waals surface area contributed by atoms with Gasteiger partial charge in [-0.1, -0.05) is 35.9 Å². The zero-order valence-corrected chi connectivity index (χ0v) is 11.6. The maximum absolute atomic E-state index is 11.7. The fourth-order valence-electron chi connectivity index (χ4n) is 2.17. The van der Waals surface area contributed by atoms with Gasteiger partial charge >= 0.3 is 5.97 Å². The molecule has 2 aromatic rings. The molecular formula is C17H18O2. The van der Waals surface area contributed by atoms with Crippen molar-refractivity contribution in [2.24, 2.45) is 0 Å². The van der Waals surface area contributed by atoms with E-state index in [2.05, 4.69) is 32.0 Å². The molecule has 0 saturated carbocycles. The normalized spacial score (nSPS) is 10.3. The summed E-state index contributed by atoms with van der Waals surface area (Å²) in [5, 5.41) is 0. The summed E-state index contributed by atoms with van der Waals surface area (Å²) in [6.07, 6.45) is 0. The van der Waals surface area contributed by atoms with Crippen molar-refractivity contribution in [2.75, 3.05) is 6.61 Å². The van der Waals surface area contributed by atoms with E-state index in [1.807, 2.05) is 25.1 Å². The lowest BCUT2D eigenvalue weighted by atomic mass is 9.97. The smallest absolute Gasteiger partial charge is 0.338 e. The van der Waals surface area contributed by atoms with E-state index < -0.39 is 0 Å². The summed E-state index contributed by atoms with van der Waals surface area (Å²) in [5.74, 6) is -0.269. The fourth-order valence-corrected chi connectivity index (χ4v) is 2.17.